The van der Waals surface area contributed by atoms with Crippen molar-refractivity contribution in [2.75, 3.05) is 19.8 Å². The predicted octanol–water partition coefficient (Wildman–Crippen LogP) is 3.19. The molecule has 2 rings (SSSR count). The Kier molecular flexibility index (Phi) is 6.82. The van der Waals surface area contributed by atoms with Crippen LogP contribution >= 0.6 is 11.6 Å². The van der Waals surface area contributed by atoms with E-state index >= 15 is 0 Å². The van der Waals surface area contributed by atoms with Crippen molar-refractivity contribution in [1.29, 1.82) is 0 Å². The van der Waals surface area contributed by atoms with Crippen molar-refractivity contribution in [3.63, 3.8) is 0 Å². The summed E-state index contributed by atoms with van der Waals surface area (Å²) in [6.07, 6.45) is 1.08. The highest BCUT2D eigenvalue weighted by molar-refractivity contribution is 6.31. The molecule has 1 N–H and O–H groups in total. The van der Waals surface area contributed by atoms with Crippen LogP contribution in [-0.4, -0.2) is 31.7 Å². The molecule has 0 aliphatic carbocycles. The number of nitrogens with one attached hydrogen (secondary N) is 1. The Morgan fingerprint density at radius 1 is 1.29 bits per heavy atom. The monoisotopic (exact) mass is 351 g/mol. The van der Waals surface area contributed by atoms with Crippen LogP contribution in [0.25, 0.3) is 0 Å². The van der Waals surface area contributed by atoms with Gasteiger partial charge in [-0.3, -0.25) is 4.79 Å². The zero-order valence-corrected chi connectivity index (χ0v) is 14.7. The van der Waals surface area contributed by atoms with E-state index in [4.69, 9.17) is 21.1 Å². The van der Waals surface area contributed by atoms with Gasteiger partial charge in [0, 0.05) is 29.7 Å². The predicted molar refractivity (Wildman–Crippen MR) is 91.7 cm³/mol. The second kappa shape index (κ2) is 8.85. The number of hydrogen-bond donors (Lipinski definition) is 1. The van der Waals surface area contributed by atoms with Crippen LogP contribution in [0.4, 0.5) is 0 Å². The largest absolute Gasteiger partial charge is 0.460 e. The first-order valence-corrected chi connectivity index (χ1v) is 8.42. The minimum atomic E-state index is -0.447. The topological polar surface area (TPSA) is 64.6 Å². The Hall–Kier alpha value is -1.85. The molecule has 0 fully saturated rings. The summed E-state index contributed by atoms with van der Waals surface area (Å²) in [5, 5.41) is 3.23. The van der Waals surface area contributed by atoms with Crippen molar-refractivity contribution >= 4 is 23.5 Å². The summed E-state index contributed by atoms with van der Waals surface area (Å²) in [6, 6.07) is 7.23. The quantitative estimate of drug-likeness (QED) is 0.605. The third-order valence-electron chi connectivity index (χ3n) is 3.78. The van der Waals surface area contributed by atoms with Gasteiger partial charge in [0.1, 0.15) is 6.61 Å². The van der Waals surface area contributed by atoms with Crippen LogP contribution in [0.5, 0.6) is 0 Å². The maximum Gasteiger partial charge on any atom is 0.336 e. The van der Waals surface area contributed by atoms with Gasteiger partial charge in [0.25, 0.3) is 0 Å². The first-order valence-electron chi connectivity index (χ1n) is 8.04. The molecule has 0 unspecified atom stereocenters. The van der Waals surface area contributed by atoms with Gasteiger partial charge in [0.05, 0.1) is 12.2 Å². The van der Waals surface area contributed by atoms with E-state index in [1.807, 2.05) is 25.1 Å². The van der Waals surface area contributed by atoms with Gasteiger partial charge < -0.3 is 14.8 Å². The van der Waals surface area contributed by atoms with Gasteiger partial charge in [0.15, 0.2) is 0 Å². The molecule has 0 aromatic heterocycles. The van der Waals surface area contributed by atoms with Crippen molar-refractivity contribution in [2.45, 2.75) is 32.6 Å². The van der Waals surface area contributed by atoms with Gasteiger partial charge in [-0.1, -0.05) is 36.7 Å². The number of benzene rings is 1. The minimum Gasteiger partial charge on any atom is -0.460 e. The lowest BCUT2D eigenvalue weighted by molar-refractivity contribution is -0.141. The smallest absolute Gasteiger partial charge is 0.336 e. The van der Waals surface area contributed by atoms with Crippen LogP contribution in [0.2, 0.25) is 5.02 Å². The summed E-state index contributed by atoms with van der Waals surface area (Å²) in [5.74, 6) is -0.991. The molecule has 1 aromatic carbocycles. The molecule has 6 heteroatoms. The number of allylic oxidation sites excluding steroid dienone is 1. The molecule has 24 heavy (non-hydrogen) atoms. The maximum absolute atomic E-state index is 12.5. The van der Waals surface area contributed by atoms with Crippen molar-refractivity contribution in [3.05, 3.63) is 46.1 Å². The van der Waals surface area contributed by atoms with E-state index in [0.29, 0.717) is 29.5 Å². The van der Waals surface area contributed by atoms with Gasteiger partial charge in [-0.2, -0.15) is 0 Å². The number of halogens is 1. The lowest BCUT2D eigenvalue weighted by Gasteiger charge is -2.27. The molecule has 1 atom stereocenters. The summed E-state index contributed by atoms with van der Waals surface area (Å²) < 4.78 is 10.6. The van der Waals surface area contributed by atoms with Gasteiger partial charge in [0.2, 0.25) is 5.91 Å². The number of ether oxygens (including phenoxy) is 2. The zero-order chi connectivity index (χ0) is 17.5. The van der Waals surface area contributed by atoms with Gasteiger partial charge in [-0.25, -0.2) is 4.79 Å². The van der Waals surface area contributed by atoms with Crippen molar-refractivity contribution in [2.24, 2.45) is 0 Å². The van der Waals surface area contributed by atoms with Crippen LogP contribution in [0, 0.1) is 0 Å². The number of amides is 1. The highest BCUT2D eigenvalue weighted by Crippen LogP contribution is 2.36. The van der Waals surface area contributed by atoms with E-state index in [0.717, 1.165) is 12.0 Å². The molecular formula is C18H22ClNO4. The molecule has 0 spiro atoms. The first-order chi connectivity index (χ1) is 11.5. The Morgan fingerprint density at radius 3 is 2.75 bits per heavy atom. The number of carbonyl (C=O) groups excluding carboxylic acids is 2. The Labute approximate surface area is 147 Å². The fourth-order valence-electron chi connectivity index (χ4n) is 2.71. The fourth-order valence-corrected chi connectivity index (χ4v) is 2.98. The second-order valence-electron chi connectivity index (χ2n) is 5.61. The van der Waals surface area contributed by atoms with Gasteiger partial charge in [-0.15, -0.1) is 0 Å². The van der Waals surface area contributed by atoms with Crippen molar-refractivity contribution in [3.8, 4) is 0 Å². The molecule has 0 radical (unpaired) electrons. The molecule has 0 saturated heterocycles. The zero-order valence-electron chi connectivity index (χ0n) is 13.9. The molecule has 1 aromatic rings. The van der Waals surface area contributed by atoms with E-state index in [1.165, 1.54) is 0 Å². The third kappa shape index (κ3) is 4.58. The fraction of sp³-hybridized carbons (Fsp3) is 0.444. The average molecular weight is 352 g/mol. The molecule has 1 amide bonds. The minimum absolute atomic E-state index is 0.139. The number of esters is 1. The van der Waals surface area contributed by atoms with E-state index in [-0.39, 0.29) is 18.9 Å². The highest BCUT2D eigenvalue weighted by Gasteiger charge is 2.33. The third-order valence-corrected chi connectivity index (χ3v) is 4.12. The molecule has 1 aliphatic rings. The van der Waals surface area contributed by atoms with Gasteiger partial charge >= 0.3 is 5.97 Å². The molecule has 5 nitrogen and oxygen atoms in total. The summed E-state index contributed by atoms with van der Waals surface area (Å²) in [6.45, 7) is 4.88. The average Bonchev–Trinajstić information content (AvgIpc) is 2.54. The van der Waals surface area contributed by atoms with Crippen LogP contribution < -0.4 is 5.32 Å². The molecule has 1 aliphatic heterocycles. The van der Waals surface area contributed by atoms with Crippen LogP contribution in [-0.2, 0) is 19.1 Å². The second-order valence-corrected chi connectivity index (χ2v) is 6.02. The normalized spacial score (nSPS) is 17.6. The molecule has 130 valence electrons. The molecular weight excluding hydrogens is 330 g/mol. The van der Waals surface area contributed by atoms with Crippen LogP contribution in [0.1, 0.15) is 38.2 Å². The lowest BCUT2D eigenvalue weighted by Crippen LogP contribution is -2.34. The summed E-state index contributed by atoms with van der Waals surface area (Å²) in [7, 11) is 0. The van der Waals surface area contributed by atoms with E-state index in [2.05, 4.69) is 5.32 Å². The van der Waals surface area contributed by atoms with Crippen molar-refractivity contribution < 1.29 is 19.1 Å². The highest BCUT2D eigenvalue weighted by atomic mass is 35.5. The molecule has 0 saturated carbocycles. The van der Waals surface area contributed by atoms with Gasteiger partial charge in [-0.05, 0) is 25.0 Å². The number of rotatable bonds is 7. The Bertz CT molecular complexity index is 642. The number of carbonyl (C=O) groups is 2. The SMILES string of the molecule is CCCOCCOC(=O)C1=C(C)NC(=O)C[C@@H]1c1ccccc1Cl. The lowest BCUT2D eigenvalue weighted by atomic mass is 9.84. The molecule has 1 heterocycles. The summed E-state index contributed by atoms with van der Waals surface area (Å²) in [4.78, 5) is 24.4. The van der Waals surface area contributed by atoms with Crippen LogP contribution in [0.3, 0.4) is 0 Å². The maximum atomic E-state index is 12.5. The van der Waals surface area contributed by atoms with E-state index in [1.54, 1.807) is 13.0 Å². The summed E-state index contributed by atoms with van der Waals surface area (Å²) >= 11 is 6.26. The van der Waals surface area contributed by atoms with E-state index < -0.39 is 11.9 Å². The molecule has 0 bridgehead atoms. The number of hydrogen-bond acceptors (Lipinski definition) is 4. The standard InChI is InChI=1S/C18H22ClNO4/c1-3-8-23-9-10-24-18(22)17-12(2)20-16(21)11-14(17)13-6-4-5-7-15(13)19/h4-7,14H,3,8-11H2,1-2H3,(H,20,21)/t14-/m1/s1. The Balaban J connectivity index is 2.17. The summed E-state index contributed by atoms with van der Waals surface area (Å²) in [5.41, 5.74) is 1.70. The Morgan fingerprint density at radius 2 is 2.04 bits per heavy atom. The van der Waals surface area contributed by atoms with Crippen LogP contribution in [0.15, 0.2) is 35.5 Å². The van der Waals surface area contributed by atoms with E-state index in [9.17, 15) is 9.59 Å². The first kappa shape index (κ1) is 18.5. The van der Waals surface area contributed by atoms with Crippen molar-refractivity contribution in [1.82, 2.24) is 5.32 Å².